The molecule has 1 aromatic heterocycles. The van der Waals surface area contributed by atoms with Gasteiger partial charge in [0.05, 0.1) is 17.8 Å². The quantitative estimate of drug-likeness (QED) is 0.889. The minimum absolute atomic E-state index is 0.349. The van der Waals surface area contributed by atoms with Crippen molar-refractivity contribution in [3.63, 3.8) is 0 Å². The van der Waals surface area contributed by atoms with Crippen molar-refractivity contribution < 1.29 is 9.47 Å². The smallest absolute Gasteiger partial charge is 0.213 e. The minimum atomic E-state index is 0.349. The molecule has 0 spiro atoms. The molecule has 0 aliphatic heterocycles. The first-order chi connectivity index (χ1) is 9.72. The highest BCUT2D eigenvalue weighted by Crippen LogP contribution is 2.26. The molecular formula is C15H17ClN2O2. The van der Waals surface area contributed by atoms with E-state index in [-0.39, 0.29) is 0 Å². The second-order valence-corrected chi connectivity index (χ2v) is 4.66. The Morgan fingerprint density at radius 2 is 2.10 bits per heavy atom. The standard InChI is InChI=1S/C15H17ClN2O2/c1-17-9-11-6-7-14(13(16)8-11)20-10-12-4-3-5-15(18-12)19-2/h3-8,17H,9-10H2,1-2H3. The van der Waals surface area contributed by atoms with E-state index in [1.807, 2.05) is 37.4 Å². The second-order valence-electron chi connectivity index (χ2n) is 4.26. The van der Waals surface area contributed by atoms with Crippen molar-refractivity contribution in [1.82, 2.24) is 10.3 Å². The number of nitrogens with zero attached hydrogens (tertiary/aromatic N) is 1. The predicted molar refractivity (Wildman–Crippen MR) is 79.3 cm³/mol. The maximum absolute atomic E-state index is 6.19. The Bertz CT molecular complexity index is 576. The molecule has 0 saturated heterocycles. The fraction of sp³-hybridized carbons (Fsp3) is 0.267. The van der Waals surface area contributed by atoms with E-state index in [2.05, 4.69) is 10.3 Å². The van der Waals surface area contributed by atoms with Gasteiger partial charge in [-0.3, -0.25) is 0 Å². The Hall–Kier alpha value is -1.78. The Morgan fingerprint density at radius 3 is 2.80 bits per heavy atom. The molecule has 0 bridgehead atoms. The molecule has 1 N–H and O–H groups in total. The van der Waals surface area contributed by atoms with E-state index in [0.29, 0.717) is 23.3 Å². The topological polar surface area (TPSA) is 43.4 Å². The largest absolute Gasteiger partial charge is 0.486 e. The van der Waals surface area contributed by atoms with Gasteiger partial charge >= 0.3 is 0 Å². The number of halogens is 1. The van der Waals surface area contributed by atoms with Crippen molar-refractivity contribution in [1.29, 1.82) is 0 Å². The fourth-order valence-corrected chi connectivity index (χ4v) is 2.04. The third kappa shape index (κ3) is 3.85. The molecule has 0 fully saturated rings. The second kappa shape index (κ2) is 7.12. The zero-order valence-electron chi connectivity index (χ0n) is 11.5. The summed E-state index contributed by atoms with van der Waals surface area (Å²) < 4.78 is 10.8. The molecular weight excluding hydrogens is 276 g/mol. The SMILES string of the molecule is CNCc1ccc(OCc2cccc(OC)n2)c(Cl)c1. The fourth-order valence-electron chi connectivity index (χ4n) is 1.78. The third-order valence-corrected chi connectivity index (χ3v) is 3.04. The Morgan fingerprint density at radius 1 is 1.25 bits per heavy atom. The molecule has 0 aliphatic rings. The Balaban J connectivity index is 2.03. The van der Waals surface area contributed by atoms with Crippen LogP contribution in [-0.2, 0) is 13.2 Å². The summed E-state index contributed by atoms with van der Waals surface area (Å²) in [6.07, 6.45) is 0. The average molecular weight is 293 g/mol. The maximum Gasteiger partial charge on any atom is 0.213 e. The first-order valence-corrected chi connectivity index (χ1v) is 6.66. The van der Waals surface area contributed by atoms with Gasteiger partial charge in [0, 0.05) is 12.6 Å². The van der Waals surface area contributed by atoms with Gasteiger partial charge in [-0.25, -0.2) is 4.98 Å². The van der Waals surface area contributed by atoms with Crippen LogP contribution in [0.25, 0.3) is 0 Å². The van der Waals surface area contributed by atoms with Gasteiger partial charge in [0.2, 0.25) is 5.88 Å². The van der Waals surface area contributed by atoms with Gasteiger partial charge in [0.25, 0.3) is 0 Å². The van der Waals surface area contributed by atoms with Crippen LogP contribution in [-0.4, -0.2) is 19.1 Å². The van der Waals surface area contributed by atoms with Crippen LogP contribution in [0.2, 0.25) is 5.02 Å². The number of nitrogens with one attached hydrogen (secondary N) is 1. The summed E-state index contributed by atoms with van der Waals surface area (Å²) in [6.45, 7) is 1.12. The molecule has 0 atom stereocenters. The van der Waals surface area contributed by atoms with Crippen LogP contribution in [0.3, 0.4) is 0 Å². The highest BCUT2D eigenvalue weighted by Gasteiger charge is 2.04. The van der Waals surface area contributed by atoms with E-state index in [9.17, 15) is 0 Å². The lowest BCUT2D eigenvalue weighted by Gasteiger charge is -2.09. The monoisotopic (exact) mass is 292 g/mol. The van der Waals surface area contributed by atoms with Gasteiger partial charge < -0.3 is 14.8 Å². The van der Waals surface area contributed by atoms with E-state index in [1.54, 1.807) is 13.2 Å². The highest BCUT2D eigenvalue weighted by atomic mass is 35.5. The van der Waals surface area contributed by atoms with Gasteiger partial charge in [-0.15, -0.1) is 0 Å². The predicted octanol–water partition coefficient (Wildman–Crippen LogP) is 3.04. The van der Waals surface area contributed by atoms with Crippen molar-refractivity contribution in [3.05, 3.63) is 52.7 Å². The molecule has 106 valence electrons. The van der Waals surface area contributed by atoms with Crippen molar-refractivity contribution in [2.45, 2.75) is 13.2 Å². The van der Waals surface area contributed by atoms with Crippen LogP contribution >= 0.6 is 11.6 Å². The summed E-state index contributed by atoms with van der Waals surface area (Å²) in [5.41, 5.74) is 1.91. The van der Waals surface area contributed by atoms with Crippen LogP contribution in [0.5, 0.6) is 11.6 Å². The summed E-state index contributed by atoms with van der Waals surface area (Å²) >= 11 is 6.19. The summed E-state index contributed by atoms with van der Waals surface area (Å²) in [7, 11) is 3.48. The molecule has 2 rings (SSSR count). The number of methoxy groups -OCH3 is 1. The van der Waals surface area contributed by atoms with Crippen molar-refractivity contribution in [2.75, 3.05) is 14.2 Å². The summed E-state index contributed by atoms with van der Waals surface area (Å²) in [5, 5.41) is 3.68. The lowest BCUT2D eigenvalue weighted by Crippen LogP contribution is -2.05. The number of benzene rings is 1. The first kappa shape index (κ1) is 14.6. The highest BCUT2D eigenvalue weighted by molar-refractivity contribution is 6.32. The van der Waals surface area contributed by atoms with E-state index in [4.69, 9.17) is 21.1 Å². The molecule has 0 saturated carbocycles. The van der Waals surface area contributed by atoms with Crippen LogP contribution in [0.15, 0.2) is 36.4 Å². The third-order valence-electron chi connectivity index (χ3n) is 2.74. The van der Waals surface area contributed by atoms with Crippen LogP contribution < -0.4 is 14.8 Å². The van der Waals surface area contributed by atoms with E-state index >= 15 is 0 Å². The summed E-state index contributed by atoms with van der Waals surface area (Å²) in [4.78, 5) is 4.28. The number of pyridine rings is 1. The number of ether oxygens (including phenoxy) is 2. The van der Waals surface area contributed by atoms with E-state index < -0.39 is 0 Å². The van der Waals surface area contributed by atoms with Gasteiger partial charge in [0.1, 0.15) is 12.4 Å². The Labute approximate surface area is 123 Å². The molecule has 0 amide bonds. The van der Waals surface area contributed by atoms with Crippen molar-refractivity contribution in [3.8, 4) is 11.6 Å². The maximum atomic E-state index is 6.19. The zero-order chi connectivity index (χ0) is 14.4. The van der Waals surface area contributed by atoms with Gasteiger partial charge in [-0.1, -0.05) is 23.7 Å². The first-order valence-electron chi connectivity index (χ1n) is 6.28. The zero-order valence-corrected chi connectivity index (χ0v) is 12.3. The van der Waals surface area contributed by atoms with Gasteiger partial charge in [-0.05, 0) is 30.8 Å². The molecule has 2 aromatic rings. The number of hydrogen-bond acceptors (Lipinski definition) is 4. The van der Waals surface area contributed by atoms with Crippen LogP contribution in [0.1, 0.15) is 11.3 Å². The molecule has 5 heteroatoms. The minimum Gasteiger partial charge on any atom is -0.486 e. The lowest BCUT2D eigenvalue weighted by atomic mass is 10.2. The van der Waals surface area contributed by atoms with Crippen molar-refractivity contribution >= 4 is 11.6 Å². The normalized spacial score (nSPS) is 10.3. The molecule has 1 aromatic carbocycles. The average Bonchev–Trinajstić information content (AvgIpc) is 2.47. The van der Waals surface area contributed by atoms with Crippen LogP contribution in [0, 0.1) is 0 Å². The number of rotatable bonds is 6. The van der Waals surface area contributed by atoms with Crippen molar-refractivity contribution in [2.24, 2.45) is 0 Å². The molecule has 20 heavy (non-hydrogen) atoms. The molecule has 0 aliphatic carbocycles. The number of aromatic nitrogens is 1. The number of hydrogen-bond donors (Lipinski definition) is 1. The summed E-state index contributed by atoms with van der Waals surface area (Å²) in [5.74, 6) is 1.22. The molecule has 0 unspecified atom stereocenters. The van der Waals surface area contributed by atoms with Crippen LogP contribution in [0.4, 0.5) is 0 Å². The Kier molecular flexibility index (Phi) is 5.21. The molecule has 4 nitrogen and oxygen atoms in total. The van der Waals surface area contributed by atoms with E-state index in [1.165, 1.54) is 0 Å². The molecule has 0 radical (unpaired) electrons. The van der Waals surface area contributed by atoms with Gasteiger partial charge in [0.15, 0.2) is 0 Å². The lowest BCUT2D eigenvalue weighted by molar-refractivity contribution is 0.298. The molecule has 1 heterocycles. The summed E-state index contributed by atoms with van der Waals surface area (Å²) in [6, 6.07) is 11.3. The van der Waals surface area contributed by atoms with Gasteiger partial charge in [-0.2, -0.15) is 0 Å². The van der Waals surface area contributed by atoms with E-state index in [0.717, 1.165) is 17.8 Å².